The Bertz CT molecular complexity index is 683. The molecule has 21 heavy (non-hydrogen) atoms. The fourth-order valence-corrected chi connectivity index (χ4v) is 2.13. The van der Waals surface area contributed by atoms with E-state index >= 15 is 0 Å². The molecule has 0 aliphatic heterocycles. The van der Waals surface area contributed by atoms with Crippen LogP contribution in [0.1, 0.15) is 22.3 Å². The van der Waals surface area contributed by atoms with E-state index in [-0.39, 0.29) is 11.7 Å². The number of nitrogens with one attached hydrogen (secondary N) is 1. The lowest BCUT2D eigenvalue weighted by atomic mass is 10.0. The summed E-state index contributed by atoms with van der Waals surface area (Å²) in [4.78, 5) is 0. The molecule has 0 atom stereocenters. The number of hydrogen-bond acceptors (Lipinski definition) is 3. The lowest BCUT2D eigenvalue weighted by Crippen LogP contribution is -2.13. The van der Waals surface area contributed by atoms with Crippen LogP contribution in [0.3, 0.4) is 0 Å². The highest BCUT2D eigenvalue weighted by Crippen LogP contribution is 2.18. The average molecular weight is 287 g/mol. The molecule has 0 unspecified atom stereocenters. The van der Waals surface area contributed by atoms with Gasteiger partial charge in [0.25, 0.3) is 0 Å². The molecular weight excluding hydrogens is 269 g/mol. The van der Waals surface area contributed by atoms with E-state index in [4.69, 9.17) is 10.9 Å². The number of hydrogen-bond donors (Lipinski definition) is 3. The number of aryl methyl sites for hydroxylation is 2. The topological polar surface area (TPSA) is 70.6 Å². The van der Waals surface area contributed by atoms with Crippen LogP contribution in [0.25, 0.3) is 0 Å². The molecule has 110 valence electrons. The molecule has 0 heterocycles. The van der Waals surface area contributed by atoms with Gasteiger partial charge in [-0.05, 0) is 54.8 Å². The van der Waals surface area contributed by atoms with Crippen LogP contribution < -0.4 is 11.1 Å². The standard InChI is InChI=1S/C16H18FN3O/c1-10-7-12(16(18)20-21)3-4-13(10)9-19-15-6-5-14(17)8-11(15)2/h3-8,19,21H,9H2,1-2H3,(H2,18,20). The molecule has 0 aliphatic rings. The van der Waals surface area contributed by atoms with Gasteiger partial charge in [0.05, 0.1) is 0 Å². The second-order valence-electron chi connectivity index (χ2n) is 4.94. The van der Waals surface area contributed by atoms with Gasteiger partial charge in [-0.2, -0.15) is 0 Å². The lowest BCUT2D eigenvalue weighted by Gasteiger charge is -2.12. The van der Waals surface area contributed by atoms with Crippen LogP contribution in [0.4, 0.5) is 10.1 Å². The maximum atomic E-state index is 13.1. The third-order valence-corrected chi connectivity index (χ3v) is 3.40. The molecule has 0 saturated carbocycles. The second-order valence-corrected chi connectivity index (χ2v) is 4.94. The fraction of sp³-hybridized carbons (Fsp3) is 0.188. The molecule has 0 saturated heterocycles. The molecule has 2 aromatic carbocycles. The molecule has 2 aromatic rings. The zero-order chi connectivity index (χ0) is 15.4. The summed E-state index contributed by atoms with van der Waals surface area (Å²) in [6.45, 7) is 4.44. The summed E-state index contributed by atoms with van der Waals surface area (Å²) in [5.74, 6) is -0.149. The molecule has 0 radical (unpaired) electrons. The summed E-state index contributed by atoms with van der Waals surface area (Å²) in [5.41, 5.74) is 10.1. The van der Waals surface area contributed by atoms with Crippen molar-refractivity contribution in [3.05, 3.63) is 64.5 Å². The van der Waals surface area contributed by atoms with Crippen molar-refractivity contribution in [3.8, 4) is 0 Å². The largest absolute Gasteiger partial charge is 0.409 e. The highest BCUT2D eigenvalue weighted by atomic mass is 19.1. The number of oxime groups is 1. The number of rotatable bonds is 4. The minimum absolute atomic E-state index is 0.0898. The Morgan fingerprint density at radius 3 is 2.57 bits per heavy atom. The van der Waals surface area contributed by atoms with E-state index in [2.05, 4.69) is 10.5 Å². The average Bonchev–Trinajstić information content (AvgIpc) is 2.46. The zero-order valence-corrected chi connectivity index (χ0v) is 12.0. The minimum atomic E-state index is -0.239. The number of nitrogens with two attached hydrogens (primary N) is 1. The first-order valence-corrected chi connectivity index (χ1v) is 6.58. The van der Waals surface area contributed by atoms with Crippen LogP contribution >= 0.6 is 0 Å². The molecule has 0 amide bonds. The second kappa shape index (κ2) is 6.26. The molecule has 0 aliphatic carbocycles. The SMILES string of the molecule is Cc1cc(/C(N)=N/O)ccc1CNc1ccc(F)cc1C. The Morgan fingerprint density at radius 2 is 1.95 bits per heavy atom. The van der Waals surface area contributed by atoms with Gasteiger partial charge in [-0.1, -0.05) is 17.3 Å². The summed E-state index contributed by atoms with van der Waals surface area (Å²) < 4.78 is 13.1. The minimum Gasteiger partial charge on any atom is -0.409 e. The third-order valence-electron chi connectivity index (χ3n) is 3.40. The molecular formula is C16H18FN3O. The van der Waals surface area contributed by atoms with Crippen molar-refractivity contribution in [2.75, 3.05) is 5.32 Å². The summed E-state index contributed by atoms with van der Waals surface area (Å²) in [5, 5.41) is 14.9. The smallest absolute Gasteiger partial charge is 0.170 e. The van der Waals surface area contributed by atoms with Gasteiger partial charge < -0.3 is 16.3 Å². The van der Waals surface area contributed by atoms with Crippen LogP contribution in [0.15, 0.2) is 41.6 Å². The monoisotopic (exact) mass is 287 g/mol. The van der Waals surface area contributed by atoms with Gasteiger partial charge in [0.1, 0.15) is 5.82 Å². The van der Waals surface area contributed by atoms with Crippen LogP contribution in [-0.2, 0) is 6.54 Å². The molecule has 0 fully saturated rings. The Labute approximate surface area is 123 Å². The first kappa shape index (κ1) is 14.8. The molecule has 5 heteroatoms. The number of benzene rings is 2. The van der Waals surface area contributed by atoms with Gasteiger partial charge in [-0.25, -0.2) is 4.39 Å². The summed E-state index contributed by atoms with van der Waals surface area (Å²) in [7, 11) is 0. The zero-order valence-electron chi connectivity index (χ0n) is 12.0. The summed E-state index contributed by atoms with van der Waals surface area (Å²) in [6, 6.07) is 10.2. The Kier molecular flexibility index (Phi) is 4.42. The fourth-order valence-electron chi connectivity index (χ4n) is 2.13. The van der Waals surface area contributed by atoms with Crippen LogP contribution in [0.5, 0.6) is 0 Å². The van der Waals surface area contributed by atoms with E-state index in [0.29, 0.717) is 12.1 Å². The molecule has 4 N–H and O–H groups in total. The Balaban J connectivity index is 2.13. The predicted molar refractivity (Wildman–Crippen MR) is 82.2 cm³/mol. The van der Waals surface area contributed by atoms with Crippen molar-refractivity contribution in [1.82, 2.24) is 0 Å². The van der Waals surface area contributed by atoms with Gasteiger partial charge in [0.2, 0.25) is 0 Å². The van der Waals surface area contributed by atoms with Crippen molar-refractivity contribution in [2.45, 2.75) is 20.4 Å². The van der Waals surface area contributed by atoms with E-state index in [9.17, 15) is 4.39 Å². The van der Waals surface area contributed by atoms with Gasteiger partial charge >= 0.3 is 0 Å². The van der Waals surface area contributed by atoms with Gasteiger partial charge in [-0.3, -0.25) is 0 Å². The van der Waals surface area contributed by atoms with Crippen LogP contribution in [0.2, 0.25) is 0 Å². The van der Waals surface area contributed by atoms with E-state index < -0.39 is 0 Å². The molecule has 0 spiro atoms. The number of anilines is 1. The van der Waals surface area contributed by atoms with Crippen molar-refractivity contribution in [2.24, 2.45) is 10.9 Å². The van der Waals surface area contributed by atoms with Crippen molar-refractivity contribution in [1.29, 1.82) is 0 Å². The Morgan fingerprint density at radius 1 is 1.19 bits per heavy atom. The molecule has 2 rings (SSSR count). The molecule has 0 bridgehead atoms. The van der Waals surface area contributed by atoms with Gasteiger partial charge in [0.15, 0.2) is 5.84 Å². The van der Waals surface area contributed by atoms with E-state index in [1.807, 2.05) is 26.0 Å². The highest BCUT2D eigenvalue weighted by Gasteiger charge is 2.05. The van der Waals surface area contributed by atoms with Crippen molar-refractivity contribution < 1.29 is 9.60 Å². The van der Waals surface area contributed by atoms with Gasteiger partial charge in [-0.15, -0.1) is 0 Å². The maximum absolute atomic E-state index is 13.1. The van der Waals surface area contributed by atoms with E-state index in [0.717, 1.165) is 22.4 Å². The molecule has 4 nitrogen and oxygen atoms in total. The quantitative estimate of drug-likeness (QED) is 0.350. The van der Waals surface area contributed by atoms with E-state index in [1.165, 1.54) is 12.1 Å². The highest BCUT2D eigenvalue weighted by molar-refractivity contribution is 5.97. The van der Waals surface area contributed by atoms with Crippen LogP contribution in [0, 0.1) is 19.7 Å². The first-order valence-electron chi connectivity index (χ1n) is 6.58. The van der Waals surface area contributed by atoms with Gasteiger partial charge in [0, 0.05) is 17.8 Å². The number of amidine groups is 1. The predicted octanol–water partition coefficient (Wildman–Crippen LogP) is 3.15. The maximum Gasteiger partial charge on any atom is 0.170 e. The first-order chi connectivity index (χ1) is 10.0. The molecule has 0 aromatic heterocycles. The third kappa shape index (κ3) is 3.51. The Hall–Kier alpha value is -2.56. The van der Waals surface area contributed by atoms with Crippen LogP contribution in [-0.4, -0.2) is 11.0 Å². The number of halogens is 1. The number of nitrogens with zero attached hydrogens (tertiary/aromatic N) is 1. The summed E-state index contributed by atoms with van der Waals surface area (Å²) >= 11 is 0. The van der Waals surface area contributed by atoms with Crippen molar-refractivity contribution in [3.63, 3.8) is 0 Å². The summed E-state index contributed by atoms with van der Waals surface area (Å²) in [6.07, 6.45) is 0. The lowest BCUT2D eigenvalue weighted by molar-refractivity contribution is 0.318. The van der Waals surface area contributed by atoms with E-state index in [1.54, 1.807) is 12.1 Å². The van der Waals surface area contributed by atoms with Crippen molar-refractivity contribution >= 4 is 11.5 Å². The normalized spacial score (nSPS) is 11.5.